The molecule has 0 radical (unpaired) electrons. The van der Waals surface area contributed by atoms with Crippen molar-refractivity contribution in [1.29, 1.82) is 0 Å². The molecule has 2 unspecified atom stereocenters. The predicted octanol–water partition coefficient (Wildman–Crippen LogP) is 0.728. The third-order valence-corrected chi connectivity index (χ3v) is 2.06. The number of aliphatic hydroxyl groups excluding tert-OH is 2. The molecule has 1 aromatic rings. The van der Waals surface area contributed by atoms with Crippen molar-refractivity contribution in [2.45, 2.75) is 25.6 Å². The van der Waals surface area contributed by atoms with Gasteiger partial charge in [-0.05, 0) is 24.5 Å². The number of hydrogen-bond donors (Lipinski definition) is 3. The van der Waals surface area contributed by atoms with E-state index < -0.39 is 18.2 Å². The summed E-state index contributed by atoms with van der Waals surface area (Å²) in [6, 6.07) is 6.51. The van der Waals surface area contributed by atoms with Gasteiger partial charge >= 0.3 is 5.97 Å². The Morgan fingerprint density at radius 2 is 1.80 bits per heavy atom. The van der Waals surface area contributed by atoms with E-state index in [2.05, 4.69) is 0 Å². The average Bonchev–Trinajstić information content (AvgIpc) is 2.17. The lowest BCUT2D eigenvalue weighted by atomic mass is 10.0. The van der Waals surface area contributed by atoms with Crippen molar-refractivity contribution < 1.29 is 20.1 Å². The molecule has 0 spiro atoms. The van der Waals surface area contributed by atoms with Crippen LogP contribution in [0.25, 0.3) is 0 Å². The standard InChI is InChI=1S/C11H14O4/c1-7(12)6-8-2-4-9(5-3-8)10(13)11(14)15/h2-5,7,10,12-13H,6H2,1H3,(H,14,15). The molecule has 0 bridgehead atoms. The van der Waals surface area contributed by atoms with E-state index >= 15 is 0 Å². The number of aliphatic hydroxyl groups is 2. The normalized spacial score (nSPS) is 14.6. The minimum atomic E-state index is -1.48. The lowest BCUT2D eigenvalue weighted by Crippen LogP contribution is -2.10. The molecular formula is C11H14O4. The first kappa shape index (κ1) is 11.7. The summed E-state index contributed by atoms with van der Waals surface area (Å²) in [5, 5.41) is 26.9. The van der Waals surface area contributed by atoms with Gasteiger partial charge in [0.25, 0.3) is 0 Å². The van der Waals surface area contributed by atoms with Gasteiger partial charge in [-0.25, -0.2) is 4.79 Å². The van der Waals surface area contributed by atoms with Crippen molar-refractivity contribution in [2.75, 3.05) is 0 Å². The first-order chi connectivity index (χ1) is 7.00. The molecule has 0 aliphatic rings. The van der Waals surface area contributed by atoms with E-state index in [-0.39, 0.29) is 0 Å². The van der Waals surface area contributed by atoms with Crippen LogP contribution in [0.3, 0.4) is 0 Å². The fourth-order valence-corrected chi connectivity index (χ4v) is 1.32. The van der Waals surface area contributed by atoms with Gasteiger partial charge in [-0.1, -0.05) is 24.3 Å². The first-order valence-corrected chi connectivity index (χ1v) is 4.68. The number of hydrogen-bond acceptors (Lipinski definition) is 3. The quantitative estimate of drug-likeness (QED) is 0.684. The lowest BCUT2D eigenvalue weighted by Gasteiger charge is -2.08. The van der Waals surface area contributed by atoms with Crippen LogP contribution in [0.2, 0.25) is 0 Å². The number of benzene rings is 1. The van der Waals surface area contributed by atoms with Crippen LogP contribution in [0.5, 0.6) is 0 Å². The van der Waals surface area contributed by atoms with Crippen LogP contribution in [0.1, 0.15) is 24.2 Å². The van der Waals surface area contributed by atoms with Gasteiger partial charge in [0.1, 0.15) is 0 Å². The topological polar surface area (TPSA) is 77.8 Å². The highest BCUT2D eigenvalue weighted by atomic mass is 16.4. The number of rotatable bonds is 4. The Kier molecular flexibility index (Phi) is 3.82. The molecular weight excluding hydrogens is 196 g/mol. The number of carboxylic acid groups (broad SMARTS) is 1. The van der Waals surface area contributed by atoms with Crippen molar-refractivity contribution in [3.05, 3.63) is 35.4 Å². The smallest absolute Gasteiger partial charge is 0.337 e. The van der Waals surface area contributed by atoms with E-state index in [1.807, 2.05) is 0 Å². The number of carboxylic acids is 1. The van der Waals surface area contributed by atoms with Crippen molar-refractivity contribution in [3.8, 4) is 0 Å². The molecule has 0 aliphatic carbocycles. The van der Waals surface area contributed by atoms with Gasteiger partial charge < -0.3 is 15.3 Å². The van der Waals surface area contributed by atoms with Crippen molar-refractivity contribution in [1.82, 2.24) is 0 Å². The van der Waals surface area contributed by atoms with E-state index in [4.69, 9.17) is 10.2 Å². The molecule has 82 valence electrons. The monoisotopic (exact) mass is 210 g/mol. The Labute approximate surface area is 87.8 Å². The molecule has 0 heterocycles. The Balaban J connectivity index is 2.76. The zero-order valence-electron chi connectivity index (χ0n) is 8.42. The van der Waals surface area contributed by atoms with Gasteiger partial charge in [0.15, 0.2) is 6.10 Å². The molecule has 4 nitrogen and oxygen atoms in total. The maximum atomic E-state index is 10.5. The van der Waals surface area contributed by atoms with Gasteiger partial charge in [-0.2, -0.15) is 0 Å². The van der Waals surface area contributed by atoms with Crippen molar-refractivity contribution >= 4 is 5.97 Å². The molecule has 1 aromatic carbocycles. The highest BCUT2D eigenvalue weighted by molar-refractivity contribution is 5.73. The first-order valence-electron chi connectivity index (χ1n) is 4.68. The fourth-order valence-electron chi connectivity index (χ4n) is 1.32. The molecule has 3 N–H and O–H groups in total. The van der Waals surface area contributed by atoms with Crippen LogP contribution in [0.15, 0.2) is 24.3 Å². The average molecular weight is 210 g/mol. The zero-order valence-corrected chi connectivity index (χ0v) is 8.42. The molecule has 0 amide bonds. The minimum Gasteiger partial charge on any atom is -0.479 e. The summed E-state index contributed by atoms with van der Waals surface area (Å²) >= 11 is 0. The van der Waals surface area contributed by atoms with E-state index in [0.717, 1.165) is 5.56 Å². The Bertz CT molecular complexity index is 329. The molecule has 0 aromatic heterocycles. The molecule has 0 saturated carbocycles. The number of aliphatic carboxylic acids is 1. The zero-order chi connectivity index (χ0) is 11.4. The largest absolute Gasteiger partial charge is 0.479 e. The van der Waals surface area contributed by atoms with Gasteiger partial charge in [-0.15, -0.1) is 0 Å². The molecule has 4 heteroatoms. The van der Waals surface area contributed by atoms with E-state index in [0.29, 0.717) is 12.0 Å². The van der Waals surface area contributed by atoms with Crippen LogP contribution in [-0.4, -0.2) is 27.4 Å². The second-order valence-corrected chi connectivity index (χ2v) is 3.54. The third-order valence-electron chi connectivity index (χ3n) is 2.06. The summed E-state index contributed by atoms with van der Waals surface area (Å²) in [6.07, 6.45) is -1.39. The van der Waals surface area contributed by atoms with E-state index in [9.17, 15) is 9.90 Å². The van der Waals surface area contributed by atoms with Crippen LogP contribution < -0.4 is 0 Å². The predicted molar refractivity (Wildman–Crippen MR) is 54.4 cm³/mol. The van der Waals surface area contributed by atoms with Crippen LogP contribution in [0.4, 0.5) is 0 Å². The lowest BCUT2D eigenvalue weighted by molar-refractivity contribution is -0.146. The summed E-state index contributed by atoms with van der Waals surface area (Å²) < 4.78 is 0. The van der Waals surface area contributed by atoms with Crippen LogP contribution >= 0.6 is 0 Å². The Morgan fingerprint density at radius 3 is 2.20 bits per heavy atom. The second kappa shape index (κ2) is 4.91. The molecule has 0 saturated heterocycles. The molecule has 0 fully saturated rings. The minimum absolute atomic E-state index is 0.344. The van der Waals surface area contributed by atoms with Gasteiger partial charge in [0.05, 0.1) is 6.10 Å². The number of carbonyl (C=O) groups is 1. The van der Waals surface area contributed by atoms with Gasteiger partial charge in [0.2, 0.25) is 0 Å². The van der Waals surface area contributed by atoms with Crippen molar-refractivity contribution in [3.63, 3.8) is 0 Å². The molecule has 2 atom stereocenters. The maximum Gasteiger partial charge on any atom is 0.337 e. The van der Waals surface area contributed by atoms with E-state index in [1.165, 1.54) is 0 Å². The van der Waals surface area contributed by atoms with Gasteiger partial charge in [-0.3, -0.25) is 0 Å². The van der Waals surface area contributed by atoms with Crippen LogP contribution in [-0.2, 0) is 11.2 Å². The molecule has 15 heavy (non-hydrogen) atoms. The summed E-state index contributed by atoms with van der Waals surface area (Å²) in [6.45, 7) is 1.68. The fraction of sp³-hybridized carbons (Fsp3) is 0.364. The maximum absolute atomic E-state index is 10.5. The summed E-state index contributed by atoms with van der Waals surface area (Å²) in [5.41, 5.74) is 1.25. The second-order valence-electron chi connectivity index (χ2n) is 3.54. The third kappa shape index (κ3) is 3.34. The van der Waals surface area contributed by atoms with E-state index in [1.54, 1.807) is 31.2 Å². The highest BCUT2D eigenvalue weighted by Gasteiger charge is 2.15. The molecule has 1 rings (SSSR count). The summed E-state index contributed by atoms with van der Waals surface area (Å²) in [4.78, 5) is 10.5. The Morgan fingerprint density at radius 1 is 1.27 bits per heavy atom. The summed E-state index contributed by atoms with van der Waals surface area (Å²) in [7, 11) is 0. The van der Waals surface area contributed by atoms with Crippen molar-refractivity contribution in [2.24, 2.45) is 0 Å². The molecule has 0 aliphatic heterocycles. The van der Waals surface area contributed by atoms with Crippen LogP contribution in [0, 0.1) is 0 Å². The Hall–Kier alpha value is -1.39. The summed E-state index contributed by atoms with van der Waals surface area (Å²) in [5.74, 6) is -1.27. The SMILES string of the molecule is CC(O)Cc1ccc(C(O)C(=O)O)cc1. The highest BCUT2D eigenvalue weighted by Crippen LogP contribution is 2.14. The van der Waals surface area contributed by atoms with Gasteiger partial charge in [0, 0.05) is 0 Å².